The number of rotatable bonds is 1. The summed E-state index contributed by atoms with van der Waals surface area (Å²) < 4.78 is 0. The largest absolute Gasteiger partial charge is 0.134 e. The Bertz CT molecular complexity index is 146. The average Bonchev–Trinajstić information content (AvgIpc) is 2.14. The number of nitrogens with zero attached hydrogens (tertiary/aromatic N) is 3. The lowest BCUT2D eigenvalue weighted by Gasteiger charge is -1.86. The van der Waals surface area contributed by atoms with Crippen molar-refractivity contribution in [1.82, 2.24) is 5.53 Å². The molecule has 0 bridgehead atoms. The summed E-state index contributed by atoms with van der Waals surface area (Å²) in [6, 6.07) is 0. The molecule has 8 heavy (non-hydrogen) atoms. The van der Waals surface area contributed by atoms with E-state index in [1.807, 2.05) is 13.8 Å². The first-order chi connectivity index (χ1) is 3.84. The van der Waals surface area contributed by atoms with E-state index in [2.05, 4.69) is 15.7 Å². The molecule has 0 atom stereocenters. The van der Waals surface area contributed by atoms with Crippen LogP contribution < -0.4 is 5.53 Å². The van der Waals surface area contributed by atoms with Gasteiger partial charge in [0.2, 0.25) is 0 Å². The molecule has 0 spiro atoms. The molecular formula is C5H8N3. The third-order valence-corrected chi connectivity index (χ3v) is 1.11. The molecule has 1 heterocycles. The smallest absolute Gasteiger partial charge is 0.0876 e. The second-order valence-corrected chi connectivity index (χ2v) is 1.68. The Labute approximate surface area is 48.5 Å². The molecule has 0 aromatic heterocycles. The van der Waals surface area contributed by atoms with Gasteiger partial charge in [-0.3, -0.25) is 0 Å². The second-order valence-electron chi connectivity index (χ2n) is 1.68. The highest BCUT2D eigenvalue weighted by Gasteiger charge is 2.06. The fourth-order valence-corrected chi connectivity index (χ4v) is 0.600. The fraction of sp³-hybridized carbons (Fsp3) is 0.600. The van der Waals surface area contributed by atoms with E-state index in [-0.39, 0.29) is 0 Å². The van der Waals surface area contributed by atoms with Crippen LogP contribution >= 0.6 is 0 Å². The molecule has 1 rings (SSSR count). The molecule has 0 amide bonds. The Morgan fingerprint density at radius 3 is 2.38 bits per heavy atom. The van der Waals surface area contributed by atoms with Crippen LogP contribution in [0.5, 0.6) is 0 Å². The van der Waals surface area contributed by atoms with E-state index in [0.717, 1.165) is 17.8 Å². The van der Waals surface area contributed by atoms with Gasteiger partial charge >= 0.3 is 0 Å². The lowest BCUT2D eigenvalue weighted by atomic mass is 10.2. The van der Waals surface area contributed by atoms with Crippen molar-refractivity contribution in [2.24, 2.45) is 10.2 Å². The zero-order valence-corrected chi connectivity index (χ0v) is 5.05. The van der Waals surface area contributed by atoms with E-state index in [1.165, 1.54) is 0 Å². The summed E-state index contributed by atoms with van der Waals surface area (Å²) in [4.78, 5) is 0. The minimum Gasteiger partial charge on any atom is -0.134 e. The van der Waals surface area contributed by atoms with Gasteiger partial charge in [0.25, 0.3) is 0 Å². The Morgan fingerprint density at radius 2 is 2.12 bits per heavy atom. The highest BCUT2D eigenvalue weighted by atomic mass is 15.5. The van der Waals surface area contributed by atoms with E-state index >= 15 is 0 Å². The quantitative estimate of drug-likeness (QED) is 0.477. The van der Waals surface area contributed by atoms with Gasteiger partial charge in [-0.2, -0.15) is 0 Å². The maximum atomic E-state index is 3.77. The molecule has 0 aromatic rings. The maximum absolute atomic E-state index is 3.77. The molecular weight excluding hydrogens is 102 g/mol. The minimum atomic E-state index is 0.929. The van der Waals surface area contributed by atoms with E-state index < -0.39 is 0 Å². The van der Waals surface area contributed by atoms with Crippen molar-refractivity contribution in [1.29, 1.82) is 0 Å². The zero-order chi connectivity index (χ0) is 5.98. The fourth-order valence-electron chi connectivity index (χ4n) is 0.600. The van der Waals surface area contributed by atoms with Gasteiger partial charge in [0.15, 0.2) is 0 Å². The van der Waals surface area contributed by atoms with Crippen LogP contribution in [-0.2, 0) is 0 Å². The molecule has 0 saturated carbocycles. The third kappa shape index (κ3) is 0.710. The van der Waals surface area contributed by atoms with Gasteiger partial charge < -0.3 is 0 Å². The molecule has 1 aliphatic heterocycles. The van der Waals surface area contributed by atoms with Crippen LogP contribution in [-0.4, -0.2) is 11.4 Å². The van der Waals surface area contributed by atoms with Gasteiger partial charge in [0, 0.05) is 0 Å². The van der Waals surface area contributed by atoms with Crippen molar-refractivity contribution in [3.63, 3.8) is 0 Å². The highest BCUT2D eigenvalue weighted by Crippen LogP contribution is 1.95. The zero-order valence-electron chi connectivity index (χ0n) is 5.05. The maximum Gasteiger partial charge on any atom is 0.0876 e. The summed E-state index contributed by atoms with van der Waals surface area (Å²) >= 11 is 0. The van der Waals surface area contributed by atoms with E-state index in [4.69, 9.17) is 0 Å². The topological polar surface area (TPSA) is 38.8 Å². The van der Waals surface area contributed by atoms with Gasteiger partial charge in [-0.1, -0.05) is 6.92 Å². The standard InChI is InChI=1S/C5H8N3/c1-3-5-4(2)6-8-7-5/h3H2,1-2H3. The summed E-state index contributed by atoms with van der Waals surface area (Å²) in [7, 11) is 0. The molecule has 3 nitrogen and oxygen atoms in total. The molecule has 1 radical (unpaired) electrons. The van der Waals surface area contributed by atoms with Crippen LogP contribution in [0.1, 0.15) is 20.3 Å². The third-order valence-electron chi connectivity index (χ3n) is 1.11. The normalized spacial score (nSPS) is 17.2. The van der Waals surface area contributed by atoms with Crippen LogP contribution in [0.2, 0.25) is 0 Å². The first-order valence-corrected chi connectivity index (χ1v) is 2.66. The Hall–Kier alpha value is -0.860. The average molecular weight is 110 g/mol. The summed E-state index contributed by atoms with van der Waals surface area (Å²) in [5.74, 6) is 0. The van der Waals surface area contributed by atoms with Gasteiger partial charge in [-0.05, 0) is 18.9 Å². The van der Waals surface area contributed by atoms with Gasteiger partial charge in [-0.25, -0.2) is 0 Å². The summed E-state index contributed by atoms with van der Waals surface area (Å²) in [6.45, 7) is 3.96. The first kappa shape index (κ1) is 5.28. The van der Waals surface area contributed by atoms with Gasteiger partial charge in [0.05, 0.1) is 11.4 Å². The van der Waals surface area contributed by atoms with Crippen LogP contribution in [0.4, 0.5) is 0 Å². The summed E-state index contributed by atoms with van der Waals surface area (Å²) in [5, 5.41) is 7.50. The number of hydrogen-bond donors (Lipinski definition) is 0. The molecule has 3 heteroatoms. The highest BCUT2D eigenvalue weighted by molar-refractivity contribution is 6.42. The van der Waals surface area contributed by atoms with Crippen LogP contribution in [0.15, 0.2) is 10.2 Å². The molecule has 1 aliphatic rings. The summed E-state index contributed by atoms with van der Waals surface area (Å²) in [5.41, 5.74) is 5.45. The van der Waals surface area contributed by atoms with Crippen LogP contribution in [0.25, 0.3) is 0 Å². The van der Waals surface area contributed by atoms with Gasteiger partial charge in [-0.15, -0.1) is 10.2 Å². The van der Waals surface area contributed by atoms with Crippen molar-refractivity contribution in [3.8, 4) is 0 Å². The van der Waals surface area contributed by atoms with E-state index in [1.54, 1.807) is 0 Å². The minimum absolute atomic E-state index is 0.929. The SMILES string of the molecule is CCC1=N[N]N=C1C. The molecule has 0 N–H and O–H groups in total. The van der Waals surface area contributed by atoms with E-state index in [0.29, 0.717) is 0 Å². The predicted molar refractivity (Wildman–Crippen MR) is 33.0 cm³/mol. The number of hydrogen-bond acceptors (Lipinski definition) is 2. The van der Waals surface area contributed by atoms with E-state index in [9.17, 15) is 0 Å². The van der Waals surface area contributed by atoms with Gasteiger partial charge in [0.1, 0.15) is 0 Å². The molecule has 0 aliphatic carbocycles. The molecule has 0 fully saturated rings. The van der Waals surface area contributed by atoms with Crippen molar-refractivity contribution in [2.75, 3.05) is 0 Å². The Morgan fingerprint density at radius 1 is 1.38 bits per heavy atom. The van der Waals surface area contributed by atoms with Crippen molar-refractivity contribution in [3.05, 3.63) is 0 Å². The lowest BCUT2D eigenvalue weighted by molar-refractivity contribution is 0.808. The Balaban J connectivity index is 2.66. The second kappa shape index (κ2) is 1.94. The molecule has 0 aromatic carbocycles. The predicted octanol–water partition coefficient (Wildman–Crippen LogP) is 0.746. The van der Waals surface area contributed by atoms with Crippen LogP contribution in [0, 0.1) is 0 Å². The molecule has 0 unspecified atom stereocenters. The lowest BCUT2D eigenvalue weighted by Crippen LogP contribution is -2.03. The Kier molecular flexibility index (Phi) is 1.28. The van der Waals surface area contributed by atoms with Crippen molar-refractivity contribution >= 4 is 11.4 Å². The molecule has 0 saturated heterocycles. The van der Waals surface area contributed by atoms with Crippen molar-refractivity contribution in [2.45, 2.75) is 20.3 Å². The summed E-state index contributed by atoms with van der Waals surface area (Å²) in [6.07, 6.45) is 0.929. The van der Waals surface area contributed by atoms with Crippen LogP contribution in [0.3, 0.4) is 0 Å². The van der Waals surface area contributed by atoms with Crippen molar-refractivity contribution < 1.29 is 0 Å². The molecule has 43 valence electrons. The monoisotopic (exact) mass is 110 g/mol. The first-order valence-electron chi connectivity index (χ1n) is 2.66.